The highest BCUT2D eigenvalue weighted by Gasteiger charge is 2.32. The molecule has 0 saturated carbocycles. The molecule has 1 saturated heterocycles. The smallest absolute Gasteiger partial charge is 0.243 e. The number of aryl methyl sites for hydroxylation is 1. The Morgan fingerprint density at radius 1 is 1.35 bits per heavy atom. The molecule has 6 heteroatoms. The topological polar surface area (TPSA) is 75.4 Å². The summed E-state index contributed by atoms with van der Waals surface area (Å²) in [6, 6.07) is 7.04. The molecule has 1 unspecified atom stereocenters. The Labute approximate surface area is 121 Å². The Morgan fingerprint density at radius 3 is 2.65 bits per heavy atom. The fraction of sp³-hybridized carbons (Fsp3) is 0.571. The summed E-state index contributed by atoms with van der Waals surface area (Å²) in [5, 5.41) is 3.18. The van der Waals surface area contributed by atoms with Gasteiger partial charge in [0.05, 0.1) is 4.90 Å². The minimum atomic E-state index is -3.44. The van der Waals surface area contributed by atoms with Crippen LogP contribution in [0.1, 0.15) is 18.9 Å². The van der Waals surface area contributed by atoms with Crippen molar-refractivity contribution in [2.24, 2.45) is 5.73 Å². The number of rotatable bonds is 5. The molecule has 0 aliphatic carbocycles. The molecule has 0 bridgehead atoms. The first-order valence-electron chi connectivity index (χ1n) is 7.11. The van der Waals surface area contributed by atoms with E-state index in [2.05, 4.69) is 12.2 Å². The van der Waals surface area contributed by atoms with Gasteiger partial charge in [-0.3, -0.25) is 0 Å². The molecule has 1 aliphatic rings. The summed E-state index contributed by atoms with van der Waals surface area (Å²) in [5.74, 6) is 0. The number of hydrogen-bond donors (Lipinski definition) is 2. The average Bonchev–Trinajstić information content (AvgIpc) is 2.48. The summed E-state index contributed by atoms with van der Waals surface area (Å²) in [5.41, 5.74) is 6.85. The summed E-state index contributed by atoms with van der Waals surface area (Å²) in [6.45, 7) is 4.20. The number of hydrogen-bond acceptors (Lipinski definition) is 4. The second kappa shape index (κ2) is 6.67. The zero-order valence-corrected chi connectivity index (χ0v) is 12.7. The van der Waals surface area contributed by atoms with E-state index in [0.717, 1.165) is 12.8 Å². The highest BCUT2D eigenvalue weighted by molar-refractivity contribution is 7.89. The minimum absolute atomic E-state index is 0.163. The molecule has 20 heavy (non-hydrogen) atoms. The van der Waals surface area contributed by atoms with Gasteiger partial charge < -0.3 is 11.1 Å². The van der Waals surface area contributed by atoms with Crippen molar-refractivity contribution in [2.75, 3.05) is 26.2 Å². The third kappa shape index (κ3) is 3.20. The van der Waals surface area contributed by atoms with Gasteiger partial charge in [0.25, 0.3) is 0 Å². The standard InChI is InChI=1S/C14H23N3O2S/c1-2-3-12-4-6-14(7-5-12)20(18,19)17-9-8-16-11-13(17)10-15/h4-7,13,16H,2-3,8-11,15H2,1H3. The van der Waals surface area contributed by atoms with E-state index < -0.39 is 10.0 Å². The summed E-state index contributed by atoms with van der Waals surface area (Å²) in [6.07, 6.45) is 2.03. The van der Waals surface area contributed by atoms with Crippen LogP contribution in [-0.4, -0.2) is 44.9 Å². The molecule has 1 heterocycles. The molecule has 1 atom stereocenters. The molecule has 0 radical (unpaired) electrons. The SMILES string of the molecule is CCCc1ccc(S(=O)(=O)N2CCNCC2CN)cc1. The van der Waals surface area contributed by atoms with Crippen molar-refractivity contribution in [2.45, 2.75) is 30.7 Å². The molecule has 1 fully saturated rings. The van der Waals surface area contributed by atoms with Crippen molar-refractivity contribution >= 4 is 10.0 Å². The van der Waals surface area contributed by atoms with Crippen LogP contribution in [0, 0.1) is 0 Å². The van der Waals surface area contributed by atoms with E-state index >= 15 is 0 Å². The fourth-order valence-electron chi connectivity index (χ4n) is 2.51. The second-order valence-electron chi connectivity index (χ2n) is 5.10. The van der Waals surface area contributed by atoms with E-state index in [-0.39, 0.29) is 6.04 Å². The molecule has 0 spiro atoms. The predicted octanol–water partition coefficient (Wildman–Crippen LogP) is 0.560. The van der Waals surface area contributed by atoms with Crippen LogP contribution >= 0.6 is 0 Å². The van der Waals surface area contributed by atoms with Crippen LogP contribution in [0.5, 0.6) is 0 Å². The third-order valence-corrected chi connectivity index (χ3v) is 5.60. The minimum Gasteiger partial charge on any atom is -0.329 e. The predicted molar refractivity (Wildman–Crippen MR) is 80.0 cm³/mol. The number of sulfonamides is 1. The lowest BCUT2D eigenvalue weighted by atomic mass is 10.1. The fourth-order valence-corrected chi connectivity index (χ4v) is 4.15. The summed E-state index contributed by atoms with van der Waals surface area (Å²) in [4.78, 5) is 0.359. The largest absolute Gasteiger partial charge is 0.329 e. The quantitative estimate of drug-likeness (QED) is 0.833. The van der Waals surface area contributed by atoms with Crippen LogP contribution in [0.15, 0.2) is 29.2 Å². The van der Waals surface area contributed by atoms with E-state index in [4.69, 9.17) is 5.73 Å². The lowest BCUT2D eigenvalue weighted by molar-refractivity contribution is 0.272. The number of nitrogens with zero attached hydrogens (tertiary/aromatic N) is 1. The molecule has 1 aromatic carbocycles. The van der Waals surface area contributed by atoms with Crippen LogP contribution in [0.2, 0.25) is 0 Å². The Morgan fingerprint density at radius 2 is 2.05 bits per heavy atom. The van der Waals surface area contributed by atoms with Gasteiger partial charge in [-0.05, 0) is 24.1 Å². The zero-order chi connectivity index (χ0) is 14.6. The average molecular weight is 297 g/mol. The molecule has 3 N–H and O–H groups in total. The highest BCUT2D eigenvalue weighted by Crippen LogP contribution is 2.20. The number of nitrogens with two attached hydrogens (primary N) is 1. The Balaban J connectivity index is 2.24. The number of piperazine rings is 1. The molecule has 5 nitrogen and oxygen atoms in total. The first-order valence-corrected chi connectivity index (χ1v) is 8.55. The summed E-state index contributed by atoms with van der Waals surface area (Å²) in [7, 11) is -3.44. The van der Waals surface area contributed by atoms with Gasteiger partial charge in [0.1, 0.15) is 0 Å². The van der Waals surface area contributed by atoms with E-state index in [1.54, 1.807) is 12.1 Å². The zero-order valence-electron chi connectivity index (χ0n) is 11.9. The van der Waals surface area contributed by atoms with E-state index in [0.29, 0.717) is 31.1 Å². The van der Waals surface area contributed by atoms with Crippen LogP contribution in [0.4, 0.5) is 0 Å². The normalized spacial score (nSPS) is 21.0. The number of benzene rings is 1. The molecular formula is C14H23N3O2S. The lowest BCUT2D eigenvalue weighted by Crippen LogP contribution is -2.56. The van der Waals surface area contributed by atoms with E-state index in [9.17, 15) is 8.42 Å². The molecule has 2 rings (SSSR count). The molecular weight excluding hydrogens is 274 g/mol. The molecule has 1 aromatic rings. The Bertz CT molecular complexity index is 528. The maximum absolute atomic E-state index is 12.7. The first-order chi connectivity index (χ1) is 9.59. The lowest BCUT2D eigenvalue weighted by Gasteiger charge is -2.34. The number of nitrogens with one attached hydrogen (secondary N) is 1. The Kier molecular flexibility index (Phi) is 5.15. The second-order valence-corrected chi connectivity index (χ2v) is 6.99. The van der Waals surface area contributed by atoms with Crippen molar-refractivity contribution in [3.05, 3.63) is 29.8 Å². The van der Waals surface area contributed by atoms with Gasteiger partial charge in [-0.15, -0.1) is 0 Å². The Hall–Kier alpha value is -0.950. The summed E-state index contributed by atoms with van der Waals surface area (Å²) >= 11 is 0. The maximum atomic E-state index is 12.7. The van der Waals surface area contributed by atoms with Crippen molar-refractivity contribution in [3.8, 4) is 0 Å². The van der Waals surface area contributed by atoms with Crippen LogP contribution < -0.4 is 11.1 Å². The van der Waals surface area contributed by atoms with Gasteiger partial charge in [0.15, 0.2) is 0 Å². The summed E-state index contributed by atoms with van der Waals surface area (Å²) < 4.78 is 26.9. The van der Waals surface area contributed by atoms with Gasteiger partial charge in [-0.1, -0.05) is 25.5 Å². The van der Waals surface area contributed by atoms with Crippen molar-refractivity contribution in [3.63, 3.8) is 0 Å². The molecule has 1 aliphatic heterocycles. The monoisotopic (exact) mass is 297 g/mol. The molecule has 112 valence electrons. The van der Waals surface area contributed by atoms with Crippen LogP contribution in [-0.2, 0) is 16.4 Å². The van der Waals surface area contributed by atoms with Crippen molar-refractivity contribution in [1.82, 2.24) is 9.62 Å². The van der Waals surface area contributed by atoms with E-state index in [1.165, 1.54) is 9.87 Å². The van der Waals surface area contributed by atoms with Crippen molar-refractivity contribution in [1.29, 1.82) is 0 Å². The van der Waals surface area contributed by atoms with Crippen LogP contribution in [0.25, 0.3) is 0 Å². The molecule has 0 aromatic heterocycles. The van der Waals surface area contributed by atoms with Crippen molar-refractivity contribution < 1.29 is 8.42 Å². The molecule has 0 amide bonds. The van der Waals surface area contributed by atoms with Crippen LogP contribution in [0.3, 0.4) is 0 Å². The third-order valence-electron chi connectivity index (χ3n) is 3.64. The van der Waals surface area contributed by atoms with Gasteiger partial charge >= 0.3 is 0 Å². The van der Waals surface area contributed by atoms with Gasteiger partial charge in [-0.25, -0.2) is 8.42 Å². The maximum Gasteiger partial charge on any atom is 0.243 e. The first kappa shape index (κ1) is 15.4. The van der Waals surface area contributed by atoms with E-state index in [1.807, 2.05) is 12.1 Å². The van der Waals surface area contributed by atoms with Gasteiger partial charge in [-0.2, -0.15) is 4.31 Å². The van der Waals surface area contributed by atoms with Gasteiger partial charge in [0, 0.05) is 32.2 Å². The highest BCUT2D eigenvalue weighted by atomic mass is 32.2. The van der Waals surface area contributed by atoms with Gasteiger partial charge in [0.2, 0.25) is 10.0 Å².